The van der Waals surface area contributed by atoms with Gasteiger partial charge in [0.25, 0.3) is 0 Å². The second-order valence-electron chi connectivity index (χ2n) is 2.40. The van der Waals surface area contributed by atoms with Crippen molar-refractivity contribution in [3.63, 3.8) is 0 Å². The van der Waals surface area contributed by atoms with Crippen LogP contribution in [0, 0.1) is 0 Å². The lowest BCUT2D eigenvalue weighted by Crippen LogP contribution is -2.12. The molecule has 0 radical (unpaired) electrons. The van der Waals surface area contributed by atoms with Crippen LogP contribution in [0.15, 0.2) is 5.38 Å². The molecule has 0 amide bonds. The highest BCUT2D eigenvalue weighted by molar-refractivity contribution is 7.09. The Morgan fingerprint density at radius 3 is 2.69 bits per heavy atom. The third kappa shape index (κ3) is 2.96. The van der Waals surface area contributed by atoms with Gasteiger partial charge in [-0.05, 0) is 6.54 Å². The van der Waals surface area contributed by atoms with Gasteiger partial charge in [0.2, 0.25) is 0 Å². The van der Waals surface area contributed by atoms with E-state index in [-0.39, 0.29) is 0 Å². The van der Waals surface area contributed by atoms with Crippen LogP contribution in [0.3, 0.4) is 0 Å². The monoisotopic (exact) mass is 210 g/mol. The maximum Gasteiger partial charge on any atom is 0.434 e. The van der Waals surface area contributed by atoms with Crippen LogP contribution in [-0.2, 0) is 12.7 Å². The molecule has 1 heterocycles. The average Bonchev–Trinajstić information content (AvgIpc) is 2.47. The molecule has 13 heavy (non-hydrogen) atoms. The van der Waals surface area contributed by atoms with Crippen molar-refractivity contribution in [1.29, 1.82) is 0 Å². The van der Waals surface area contributed by atoms with Crippen LogP contribution in [0.1, 0.15) is 17.6 Å². The number of halogens is 3. The molecule has 0 aliphatic carbocycles. The smallest absolute Gasteiger partial charge is 0.311 e. The molecule has 0 atom stereocenters. The van der Waals surface area contributed by atoms with E-state index in [1.54, 1.807) is 0 Å². The van der Waals surface area contributed by atoms with Crippen LogP contribution in [0.25, 0.3) is 0 Å². The number of aromatic nitrogens is 1. The van der Waals surface area contributed by atoms with Gasteiger partial charge in [0.05, 0.1) is 0 Å². The fourth-order valence-electron chi connectivity index (χ4n) is 0.754. The zero-order valence-electron chi connectivity index (χ0n) is 6.98. The van der Waals surface area contributed by atoms with Crippen LogP contribution in [0.4, 0.5) is 13.2 Å². The van der Waals surface area contributed by atoms with Gasteiger partial charge in [-0.15, -0.1) is 11.3 Å². The molecule has 6 heteroatoms. The lowest BCUT2D eigenvalue weighted by molar-refractivity contribution is -0.140. The minimum absolute atomic E-state index is 0.400. The Balaban J connectivity index is 2.64. The van der Waals surface area contributed by atoms with Gasteiger partial charge in [-0.25, -0.2) is 4.98 Å². The number of hydrogen-bond donors (Lipinski definition) is 1. The van der Waals surface area contributed by atoms with Gasteiger partial charge in [0.1, 0.15) is 5.01 Å². The molecule has 1 aromatic heterocycles. The molecule has 0 saturated heterocycles. The van der Waals surface area contributed by atoms with Crippen molar-refractivity contribution in [2.45, 2.75) is 19.6 Å². The number of alkyl halides is 3. The SMILES string of the molecule is CCNCc1nc(C(F)(F)F)cs1. The van der Waals surface area contributed by atoms with E-state index in [1.807, 2.05) is 6.92 Å². The highest BCUT2D eigenvalue weighted by Gasteiger charge is 2.33. The lowest BCUT2D eigenvalue weighted by Gasteiger charge is -2.00. The maximum absolute atomic E-state index is 12.0. The summed E-state index contributed by atoms with van der Waals surface area (Å²) in [5.41, 5.74) is -0.801. The van der Waals surface area contributed by atoms with Gasteiger partial charge in [-0.3, -0.25) is 0 Å². The van der Waals surface area contributed by atoms with E-state index in [0.29, 0.717) is 11.6 Å². The molecule has 2 nitrogen and oxygen atoms in total. The largest absolute Gasteiger partial charge is 0.434 e. The van der Waals surface area contributed by atoms with Gasteiger partial charge >= 0.3 is 6.18 Å². The number of nitrogens with zero attached hydrogens (tertiary/aromatic N) is 1. The topological polar surface area (TPSA) is 24.9 Å². The zero-order valence-corrected chi connectivity index (χ0v) is 7.80. The summed E-state index contributed by atoms with van der Waals surface area (Å²) >= 11 is 1.02. The minimum Gasteiger partial charge on any atom is -0.311 e. The second-order valence-corrected chi connectivity index (χ2v) is 3.35. The second kappa shape index (κ2) is 4.06. The van der Waals surface area contributed by atoms with E-state index >= 15 is 0 Å². The summed E-state index contributed by atoms with van der Waals surface area (Å²) in [7, 11) is 0. The molecule has 1 rings (SSSR count). The van der Waals surface area contributed by atoms with E-state index in [2.05, 4.69) is 10.3 Å². The minimum atomic E-state index is -4.32. The molecule has 0 bridgehead atoms. The van der Waals surface area contributed by atoms with Crippen molar-refractivity contribution in [2.24, 2.45) is 0 Å². The number of hydrogen-bond acceptors (Lipinski definition) is 3. The predicted molar refractivity (Wildman–Crippen MR) is 44.5 cm³/mol. The van der Waals surface area contributed by atoms with Crippen LogP contribution in [0.2, 0.25) is 0 Å². The fourth-order valence-corrected chi connectivity index (χ4v) is 1.52. The molecule has 0 aromatic carbocycles. The van der Waals surface area contributed by atoms with Crippen molar-refractivity contribution in [3.8, 4) is 0 Å². The Hall–Kier alpha value is -0.620. The lowest BCUT2D eigenvalue weighted by atomic mass is 10.5. The maximum atomic E-state index is 12.0. The first-order chi connectivity index (χ1) is 6.04. The molecular weight excluding hydrogens is 201 g/mol. The molecule has 74 valence electrons. The summed E-state index contributed by atoms with van der Waals surface area (Å²) in [6, 6.07) is 0. The van der Waals surface area contributed by atoms with Crippen molar-refractivity contribution in [1.82, 2.24) is 10.3 Å². The van der Waals surface area contributed by atoms with E-state index in [0.717, 1.165) is 23.3 Å². The first kappa shape index (κ1) is 10.5. The Bertz CT molecular complexity index is 269. The normalized spacial score (nSPS) is 12.0. The summed E-state index contributed by atoms with van der Waals surface area (Å²) in [5.74, 6) is 0. The summed E-state index contributed by atoms with van der Waals surface area (Å²) in [4.78, 5) is 3.45. The quantitative estimate of drug-likeness (QED) is 0.827. The summed E-state index contributed by atoms with van der Waals surface area (Å²) < 4.78 is 36.1. The van der Waals surface area contributed by atoms with E-state index in [4.69, 9.17) is 0 Å². The third-order valence-corrected chi connectivity index (χ3v) is 2.22. The van der Waals surface area contributed by atoms with Crippen LogP contribution >= 0.6 is 11.3 Å². The molecule has 0 aliphatic heterocycles. The first-order valence-electron chi connectivity index (χ1n) is 3.76. The number of rotatable bonds is 3. The standard InChI is InChI=1S/C7H9F3N2S/c1-2-11-3-6-12-5(4-13-6)7(8,9)10/h4,11H,2-3H2,1H3. The number of nitrogens with one attached hydrogen (secondary N) is 1. The third-order valence-electron chi connectivity index (χ3n) is 1.37. The predicted octanol–water partition coefficient (Wildman–Crippen LogP) is 2.27. The summed E-state index contributed by atoms with van der Waals surface area (Å²) in [6.45, 7) is 3.01. The Morgan fingerprint density at radius 1 is 1.54 bits per heavy atom. The number of thiazole rings is 1. The van der Waals surface area contributed by atoms with Crippen molar-refractivity contribution in [3.05, 3.63) is 16.1 Å². The van der Waals surface area contributed by atoms with Crippen LogP contribution in [0.5, 0.6) is 0 Å². The molecule has 0 fully saturated rings. The van der Waals surface area contributed by atoms with Crippen LogP contribution < -0.4 is 5.32 Å². The van der Waals surface area contributed by atoms with Crippen molar-refractivity contribution >= 4 is 11.3 Å². The Morgan fingerprint density at radius 2 is 2.23 bits per heavy atom. The molecule has 0 spiro atoms. The van der Waals surface area contributed by atoms with Crippen molar-refractivity contribution < 1.29 is 13.2 Å². The van der Waals surface area contributed by atoms with Gasteiger partial charge < -0.3 is 5.32 Å². The molecule has 0 saturated carbocycles. The van der Waals surface area contributed by atoms with Gasteiger partial charge in [-0.2, -0.15) is 13.2 Å². The Labute approximate surface area is 77.8 Å². The summed E-state index contributed by atoms with van der Waals surface area (Å²) in [5, 5.41) is 4.41. The Kier molecular flexibility index (Phi) is 3.27. The van der Waals surface area contributed by atoms with E-state index in [9.17, 15) is 13.2 Å². The van der Waals surface area contributed by atoms with Gasteiger partial charge in [-0.1, -0.05) is 6.92 Å². The molecule has 1 aromatic rings. The highest BCUT2D eigenvalue weighted by atomic mass is 32.1. The van der Waals surface area contributed by atoms with Gasteiger partial charge in [0.15, 0.2) is 5.69 Å². The summed E-state index contributed by atoms with van der Waals surface area (Å²) in [6.07, 6.45) is -4.32. The van der Waals surface area contributed by atoms with Crippen molar-refractivity contribution in [2.75, 3.05) is 6.54 Å². The molecule has 1 N–H and O–H groups in total. The molecule has 0 unspecified atom stereocenters. The molecule has 0 aliphatic rings. The van der Waals surface area contributed by atoms with Crippen LogP contribution in [-0.4, -0.2) is 11.5 Å². The van der Waals surface area contributed by atoms with Gasteiger partial charge in [0, 0.05) is 11.9 Å². The molecular formula is C7H9F3N2S. The fraction of sp³-hybridized carbons (Fsp3) is 0.571. The van der Waals surface area contributed by atoms with E-state index < -0.39 is 11.9 Å². The highest BCUT2D eigenvalue weighted by Crippen LogP contribution is 2.29. The zero-order chi connectivity index (χ0) is 9.90. The average molecular weight is 210 g/mol. The van der Waals surface area contributed by atoms with E-state index in [1.165, 1.54) is 0 Å². The first-order valence-corrected chi connectivity index (χ1v) is 4.64.